The van der Waals surface area contributed by atoms with Gasteiger partial charge in [0.05, 0.1) is 20.6 Å². The minimum absolute atomic E-state index is 0.191. The topological polar surface area (TPSA) is 64.6 Å². The maximum Gasteiger partial charge on any atom is 0.328 e. The molecule has 0 aliphatic carbocycles. The molecule has 0 bridgehead atoms. The Morgan fingerprint density at radius 3 is 2.43 bits per heavy atom. The van der Waals surface area contributed by atoms with Crippen LogP contribution in [0.15, 0.2) is 66.7 Å². The lowest BCUT2D eigenvalue weighted by Gasteiger charge is -2.17. The van der Waals surface area contributed by atoms with Crippen LogP contribution < -0.4 is 10.1 Å². The predicted molar refractivity (Wildman–Crippen MR) is 108 cm³/mol. The van der Waals surface area contributed by atoms with Gasteiger partial charge in [-0.3, -0.25) is 4.79 Å². The van der Waals surface area contributed by atoms with Crippen LogP contribution >= 0.6 is 0 Å². The number of ether oxygens (including phenoxy) is 2. The van der Waals surface area contributed by atoms with Crippen LogP contribution in [-0.2, 0) is 27.2 Å². The molecule has 1 amide bonds. The molecule has 5 nitrogen and oxygen atoms in total. The highest BCUT2D eigenvalue weighted by atomic mass is 16.5. The Kier molecular flexibility index (Phi) is 6.27. The fraction of sp³-hybridized carbons (Fsp3) is 0.217. The van der Waals surface area contributed by atoms with E-state index in [1.165, 1.54) is 7.11 Å². The van der Waals surface area contributed by atoms with Crippen molar-refractivity contribution in [2.45, 2.75) is 18.9 Å². The van der Waals surface area contributed by atoms with Crippen molar-refractivity contribution in [3.8, 4) is 5.75 Å². The van der Waals surface area contributed by atoms with E-state index in [1.54, 1.807) is 7.11 Å². The number of rotatable bonds is 7. The Morgan fingerprint density at radius 2 is 1.68 bits per heavy atom. The Hall–Kier alpha value is -3.34. The second-order valence-corrected chi connectivity index (χ2v) is 6.56. The summed E-state index contributed by atoms with van der Waals surface area (Å²) in [5.41, 5.74) is 1.77. The van der Waals surface area contributed by atoms with E-state index in [1.807, 2.05) is 66.7 Å². The van der Waals surface area contributed by atoms with Crippen LogP contribution in [0.3, 0.4) is 0 Å². The number of esters is 1. The summed E-state index contributed by atoms with van der Waals surface area (Å²) in [4.78, 5) is 24.7. The zero-order valence-electron chi connectivity index (χ0n) is 16.0. The molecule has 0 unspecified atom stereocenters. The van der Waals surface area contributed by atoms with E-state index < -0.39 is 12.0 Å². The number of amides is 1. The minimum atomic E-state index is -0.759. The first kappa shape index (κ1) is 19.4. The van der Waals surface area contributed by atoms with Crippen molar-refractivity contribution in [2.75, 3.05) is 14.2 Å². The molecule has 0 aromatic heterocycles. The SMILES string of the molecule is COC(=O)[C@@H](Cc1cccc(OC)c1)NC(=O)Cc1ccc2ccccc2c1. The first-order chi connectivity index (χ1) is 13.6. The molecule has 144 valence electrons. The van der Waals surface area contributed by atoms with Crippen molar-refractivity contribution >= 4 is 22.6 Å². The smallest absolute Gasteiger partial charge is 0.328 e. The first-order valence-electron chi connectivity index (χ1n) is 9.07. The molecule has 0 heterocycles. The summed E-state index contributed by atoms with van der Waals surface area (Å²) in [6, 6.07) is 20.5. The molecular formula is C23H23NO4. The lowest BCUT2D eigenvalue weighted by atomic mass is 10.0. The second kappa shape index (κ2) is 9.04. The minimum Gasteiger partial charge on any atom is -0.497 e. The molecule has 0 spiro atoms. The van der Waals surface area contributed by atoms with Gasteiger partial charge < -0.3 is 14.8 Å². The predicted octanol–water partition coefficient (Wildman–Crippen LogP) is 3.29. The van der Waals surface area contributed by atoms with Crippen molar-refractivity contribution in [3.63, 3.8) is 0 Å². The highest BCUT2D eigenvalue weighted by molar-refractivity contribution is 5.88. The van der Waals surface area contributed by atoms with Gasteiger partial charge in [0.2, 0.25) is 5.91 Å². The monoisotopic (exact) mass is 377 g/mol. The molecule has 0 aliphatic rings. The highest BCUT2D eigenvalue weighted by Gasteiger charge is 2.22. The number of hydrogen-bond donors (Lipinski definition) is 1. The van der Waals surface area contributed by atoms with Crippen molar-refractivity contribution < 1.29 is 19.1 Å². The summed E-state index contributed by atoms with van der Waals surface area (Å²) in [5, 5.41) is 5.00. The van der Waals surface area contributed by atoms with Gasteiger partial charge in [-0.2, -0.15) is 0 Å². The largest absolute Gasteiger partial charge is 0.497 e. The molecular weight excluding hydrogens is 354 g/mol. The molecule has 3 aromatic carbocycles. The third-order valence-corrected chi connectivity index (χ3v) is 4.57. The van der Waals surface area contributed by atoms with Crippen LogP contribution in [-0.4, -0.2) is 32.1 Å². The number of hydrogen-bond acceptors (Lipinski definition) is 4. The van der Waals surface area contributed by atoms with Crippen LogP contribution in [0.25, 0.3) is 10.8 Å². The van der Waals surface area contributed by atoms with Crippen molar-refractivity contribution in [1.82, 2.24) is 5.32 Å². The van der Waals surface area contributed by atoms with Crippen molar-refractivity contribution in [2.24, 2.45) is 0 Å². The molecule has 0 radical (unpaired) electrons. The number of carbonyl (C=O) groups excluding carboxylic acids is 2. The number of carbonyl (C=O) groups is 2. The fourth-order valence-electron chi connectivity index (χ4n) is 3.15. The number of nitrogens with one attached hydrogen (secondary N) is 1. The van der Waals surface area contributed by atoms with E-state index in [0.29, 0.717) is 12.2 Å². The molecule has 3 aromatic rings. The molecule has 28 heavy (non-hydrogen) atoms. The lowest BCUT2D eigenvalue weighted by molar-refractivity contribution is -0.145. The summed E-state index contributed by atoms with van der Waals surface area (Å²) >= 11 is 0. The first-order valence-corrected chi connectivity index (χ1v) is 9.07. The molecule has 0 aliphatic heterocycles. The van der Waals surface area contributed by atoms with Crippen LogP contribution in [0.5, 0.6) is 5.75 Å². The van der Waals surface area contributed by atoms with E-state index in [4.69, 9.17) is 9.47 Å². The maximum absolute atomic E-state index is 12.5. The van der Waals surface area contributed by atoms with Gasteiger partial charge in [0, 0.05) is 6.42 Å². The quantitative estimate of drug-likeness (QED) is 0.642. The average Bonchev–Trinajstić information content (AvgIpc) is 2.72. The maximum atomic E-state index is 12.5. The van der Waals surface area contributed by atoms with Gasteiger partial charge in [-0.25, -0.2) is 4.79 Å². The molecule has 5 heteroatoms. The van der Waals surface area contributed by atoms with Crippen molar-refractivity contribution in [1.29, 1.82) is 0 Å². The van der Waals surface area contributed by atoms with Gasteiger partial charge in [0.25, 0.3) is 0 Å². The van der Waals surface area contributed by atoms with Gasteiger partial charge in [0.1, 0.15) is 11.8 Å². The van der Waals surface area contributed by atoms with E-state index in [0.717, 1.165) is 21.9 Å². The van der Waals surface area contributed by atoms with Crippen molar-refractivity contribution in [3.05, 3.63) is 77.9 Å². The van der Waals surface area contributed by atoms with Gasteiger partial charge in [-0.1, -0.05) is 54.6 Å². The zero-order chi connectivity index (χ0) is 19.9. The Labute approximate surface area is 164 Å². The molecule has 3 rings (SSSR count). The summed E-state index contributed by atoms with van der Waals surface area (Å²) < 4.78 is 10.1. The second-order valence-electron chi connectivity index (χ2n) is 6.56. The van der Waals surface area contributed by atoms with Gasteiger partial charge in [-0.15, -0.1) is 0 Å². The number of benzene rings is 3. The average molecular weight is 377 g/mol. The fourth-order valence-corrected chi connectivity index (χ4v) is 3.15. The van der Waals surface area contributed by atoms with Gasteiger partial charge in [-0.05, 0) is 34.0 Å². The van der Waals surface area contributed by atoms with Gasteiger partial charge >= 0.3 is 5.97 Å². The zero-order valence-corrected chi connectivity index (χ0v) is 16.0. The van der Waals surface area contributed by atoms with E-state index >= 15 is 0 Å². The Bertz CT molecular complexity index is 983. The number of fused-ring (bicyclic) bond motifs is 1. The molecule has 0 saturated heterocycles. The van der Waals surface area contributed by atoms with E-state index in [2.05, 4.69) is 5.32 Å². The van der Waals surface area contributed by atoms with E-state index in [-0.39, 0.29) is 12.3 Å². The Morgan fingerprint density at radius 1 is 0.893 bits per heavy atom. The molecule has 1 atom stereocenters. The standard InChI is InChI=1S/C23H23NO4/c1-27-20-9-5-6-16(13-20)14-21(23(26)28-2)24-22(25)15-17-10-11-18-7-3-4-8-19(18)12-17/h3-13,21H,14-15H2,1-2H3,(H,24,25)/t21-/m1/s1. The summed E-state index contributed by atoms with van der Waals surface area (Å²) in [5.74, 6) is -0.00753. The Balaban J connectivity index is 1.70. The van der Waals surface area contributed by atoms with Crippen LogP contribution in [0.4, 0.5) is 0 Å². The molecule has 0 fully saturated rings. The summed E-state index contributed by atoms with van der Waals surface area (Å²) in [7, 11) is 2.90. The normalized spacial score (nSPS) is 11.6. The number of methoxy groups -OCH3 is 2. The highest BCUT2D eigenvalue weighted by Crippen LogP contribution is 2.17. The van der Waals surface area contributed by atoms with Crippen LogP contribution in [0.2, 0.25) is 0 Å². The summed E-state index contributed by atoms with van der Waals surface area (Å²) in [6.07, 6.45) is 0.518. The van der Waals surface area contributed by atoms with Crippen LogP contribution in [0, 0.1) is 0 Å². The molecule has 1 N–H and O–H groups in total. The van der Waals surface area contributed by atoms with Crippen LogP contribution in [0.1, 0.15) is 11.1 Å². The molecule has 0 saturated carbocycles. The third kappa shape index (κ3) is 4.88. The summed E-state index contributed by atoms with van der Waals surface area (Å²) in [6.45, 7) is 0. The third-order valence-electron chi connectivity index (χ3n) is 4.57. The van der Waals surface area contributed by atoms with Gasteiger partial charge in [0.15, 0.2) is 0 Å². The lowest BCUT2D eigenvalue weighted by Crippen LogP contribution is -2.43. The van der Waals surface area contributed by atoms with E-state index in [9.17, 15) is 9.59 Å².